The van der Waals surface area contributed by atoms with Gasteiger partial charge >= 0.3 is 5.97 Å². The van der Waals surface area contributed by atoms with Crippen LogP contribution in [0.25, 0.3) is 0 Å². The second kappa shape index (κ2) is 25.1. The maximum absolute atomic E-state index is 14.6. The van der Waals surface area contributed by atoms with E-state index >= 15 is 0 Å². The summed E-state index contributed by atoms with van der Waals surface area (Å²) in [6.07, 6.45) is 1.95. The second-order valence-corrected chi connectivity index (χ2v) is 18.0. The van der Waals surface area contributed by atoms with Gasteiger partial charge in [0.2, 0.25) is 17.7 Å². The number of esters is 1. The molecule has 0 aromatic heterocycles. The van der Waals surface area contributed by atoms with E-state index < -0.39 is 48.1 Å². The number of likely N-dealkylation sites (N-methyl/N-ethyl adjacent to an activating group) is 2. The fourth-order valence-corrected chi connectivity index (χ4v) is 9.26. The first kappa shape index (κ1) is 52.0. The minimum Gasteiger partial charge on any atom is -0.467 e. The van der Waals surface area contributed by atoms with Crippen molar-refractivity contribution >= 4 is 35.2 Å². The molecule has 1 fully saturated rings. The van der Waals surface area contributed by atoms with Gasteiger partial charge < -0.3 is 35.1 Å². The predicted molar refractivity (Wildman–Crippen MR) is 244 cm³/mol. The number of likely N-dealkylation sites (tertiary alicyclic amines) is 1. The van der Waals surface area contributed by atoms with E-state index in [4.69, 9.17) is 19.9 Å². The van der Waals surface area contributed by atoms with Gasteiger partial charge in [0.05, 0.1) is 49.8 Å². The zero-order valence-corrected chi connectivity index (χ0v) is 39.6. The van der Waals surface area contributed by atoms with Crippen LogP contribution in [0.4, 0.5) is 5.69 Å². The standard InChI is InChI=1S/C49H77N5O8/c1-13-33(6)45(53(9)48(58)38(31(2)3)29-41(55)44(32(4)5)52(8)27-25-35-21-23-37(50)24-22-35)42(60-10)30-43(56)54-26-17-20-40(54)46(61-11)34(7)47(57)51-39(49(59)62-12)28-36-18-15-14-16-19-36/h14-16,18-19,21-24,31-34,38-40,42,44-46H,13,17,20,25-30,50H2,1-12H3,(H,51,57)/t33-,34+,38-,39-,40-,42+,44-,45-,46+/m0/s1. The summed E-state index contributed by atoms with van der Waals surface area (Å²) in [7, 11) is 8.14. The van der Waals surface area contributed by atoms with Crippen LogP contribution in [0.5, 0.6) is 0 Å². The summed E-state index contributed by atoms with van der Waals surface area (Å²) in [5.74, 6) is -2.57. The van der Waals surface area contributed by atoms with E-state index in [1.807, 2.05) is 89.3 Å². The molecular formula is C49H77N5O8. The quantitative estimate of drug-likeness (QED) is 0.0920. The van der Waals surface area contributed by atoms with Crippen LogP contribution < -0.4 is 11.1 Å². The van der Waals surface area contributed by atoms with Gasteiger partial charge in [-0.25, -0.2) is 4.79 Å². The predicted octanol–water partition coefficient (Wildman–Crippen LogP) is 5.82. The lowest BCUT2D eigenvalue weighted by Gasteiger charge is -2.41. The van der Waals surface area contributed by atoms with Crippen molar-refractivity contribution in [2.24, 2.45) is 29.6 Å². The van der Waals surface area contributed by atoms with E-state index in [9.17, 15) is 24.0 Å². The van der Waals surface area contributed by atoms with Gasteiger partial charge in [-0.3, -0.25) is 24.1 Å². The van der Waals surface area contributed by atoms with Gasteiger partial charge in [0.25, 0.3) is 0 Å². The Hall–Kier alpha value is -4.33. The summed E-state index contributed by atoms with van der Waals surface area (Å²) in [6, 6.07) is 15.1. The number of ether oxygens (including phenoxy) is 3. The van der Waals surface area contributed by atoms with Gasteiger partial charge in [-0.2, -0.15) is 0 Å². The number of nitrogens with zero attached hydrogens (tertiary/aromatic N) is 3. The molecule has 1 aliphatic heterocycles. The third-order valence-electron chi connectivity index (χ3n) is 13.1. The zero-order chi connectivity index (χ0) is 46.3. The number of anilines is 1. The molecule has 0 saturated carbocycles. The molecule has 3 rings (SSSR count). The number of nitrogen functional groups attached to an aromatic ring is 1. The Morgan fingerprint density at radius 2 is 1.50 bits per heavy atom. The molecule has 0 unspecified atom stereocenters. The lowest BCUT2D eigenvalue weighted by molar-refractivity contribution is -0.150. The Labute approximate surface area is 371 Å². The molecule has 1 aliphatic rings. The number of rotatable bonds is 25. The van der Waals surface area contributed by atoms with Crippen LogP contribution in [0.15, 0.2) is 54.6 Å². The lowest BCUT2D eigenvalue weighted by atomic mass is 9.83. The molecule has 3 amide bonds. The summed E-state index contributed by atoms with van der Waals surface area (Å²) in [5, 5.41) is 2.87. The number of nitrogens with two attached hydrogens (primary N) is 1. The molecule has 62 heavy (non-hydrogen) atoms. The minimum atomic E-state index is -0.895. The molecular weight excluding hydrogens is 787 g/mol. The topological polar surface area (TPSA) is 161 Å². The number of Topliss-reactive ketones (excluding diaryl/α,β-unsaturated/α-hetero) is 1. The van der Waals surface area contributed by atoms with E-state index in [2.05, 4.69) is 24.1 Å². The van der Waals surface area contributed by atoms with Crippen LogP contribution >= 0.6 is 0 Å². The first-order chi connectivity index (χ1) is 29.4. The molecule has 2 aromatic rings. The van der Waals surface area contributed by atoms with Crippen molar-refractivity contribution in [3.8, 4) is 0 Å². The number of carbonyl (C=O) groups is 5. The molecule has 1 saturated heterocycles. The zero-order valence-electron chi connectivity index (χ0n) is 39.6. The fraction of sp³-hybridized carbons (Fsp3) is 0.653. The van der Waals surface area contributed by atoms with Crippen molar-refractivity contribution in [3.05, 3.63) is 65.7 Å². The number of hydrogen-bond donors (Lipinski definition) is 2. The Bertz CT molecular complexity index is 1720. The van der Waals surface area contributed by atoms with E-state index in [1.165, 1.54) is 14.2 Å². The van der Waals surface area contributed by atoms with Gasteiger partial charge in [0.1, 0.15) is 6.04 Å². The van der Waals surface area contributed by atoms with Crippen molar-refractivity contribution in [3.63, 3.8) is 0 Å². The highest BCUT2D eigenvalue weighted by atomic mass is 16.5. The molecule has 346 valence electrons. The van der Waals surface area contributed by atoms with Gasteiger partial charge in [0, 0.05) is 58.8 Å². The SMILES string of the molecule is CC[C@H](C)[C@@H]([C@@H](CC(=O)N1CCC[C@H]1[C@H](OC)[C@@H](C)C(=O)N[C@@H](Cc1ccccc1)C(=O)OC)OC)N(C)C(=O)[C@@H](CC(=O)[C@H](C(C)C)N(C)CCc1ccc(N)cc1)C(C)C. The Morgan fingerprint density at radius 3 is 2.05 bits per heavy atom. The van der Waals surface area contributed by atoms with Crippen LogP contribution in [0.1, 0.15) is 91.7 Å². The third-order valence-corrected chi connectivity index (χ3v) is 13.1. The molecule has 13 nitrogen and oxygen atoms in total. The number of ketones is 1. The molecule has 0 spiro atoms. The monoisotopic (exact) mass is 864 g/mol. The Balaban J connectivity index is 1.77. The first-order valence-corrected chi connectivity index (χ1v) is 22.5. The summed E-state index contributed by atoms with van der Waals surface area (Å²) < 4.78 is 17.1. The van der Waals surface area contributed by atoms with Crippen LogP contribution in [0.2, 0.25) is 0 Å². The maximum Gasteiger partial charge on any atom is 0.328 e. The second-order valence-electron chi connectivity index (χ2n) is 18.0. The average Bonchev–Trinajstić information content (AvgIpc) is 3.74. The summed E-state index contributed by atoms with van der Waals surface area (Å²) in [6.45, 7) is 15.1. The highest BCUT2D eigenvalue weighted by molar-refractivity contribution is 5.90. The van der Waals surface area contributed by atoms with E-state index in [-0.39, 0.29) is 66.6 Å². The molecule has 0 radical (unpaired) electrons. The Morgan fingerprint density at radius 1 is 0.855 bits per heavy atom. The smallest absolute Gasteiger partial charge is 0.328 e. The van der Waals surface area contributed by atoms with Crippen LogP contribution in [-0.2, 0) is 51.0 Å². The summed E-state index contributed by atoms with van der Waals surface area (Å²) in [5.41, 5.74) is 8.61. The van der Waals surface area contributed by atoms with Crippen LogP contribution in [0, 0.1) is 29.6 Å². The van der Waals surface area contributed by atoms with E-state index in [0.29, 0.717) is 25.2 Å². The Kier molecular flexibility index (Phi) is 21.0. The van der Waals surface area contributed by atoms with Crippen LogP contribution in [0.3, 0.4) is 0 Å². The van der Waals surface area contributed by atoms with Gasteiger partial charge in [-0.15, -0.1) is 0 Å². The number of amides is 3. The van der Waals surface area contributed by atoms with E-state index in [1.54, 1.807) is 30.9 Å². The lowest BCUT2D eigenvalue weighted by Crippen LogP contribution is -2.55. The van der Waals surface area contributed by atoms with Crippen molar-refractivity contribution < 1.29 is 38.2 Å². The number of nitrogens with one attached hydrogen (secondary N) is 1. The number of benzene rings is 2. The minimum absolute atomic E-state index is 0.0115. The number of methoxy groups -OCH3 is 3. The highest BCUT2D eigenvalue weighted by Crippen LogP contribution is 2.31. The molecule has 13 heteroatoms. The van der Waals surface area contributed by atoms with Gasteiger partial charge in [-0.05, 0) is 67.3 Å². The fourth-order valence-electron chi connectivity index (χ4n) is 9.26. The largest absolute Gasteiger partial charge is 0.467 e. The van der Waals surface area contributed by atoms with Gasteiger partial charge in [-0.1, -0.05) is 97.4 Å². The van der Waals surface area contributed by atoms with E-state index in [0.717, 1.165) is 30.4 Å². The summed E-state index contributed by atoms with van der Waals surface area (Å²) in [4.78, 5) is 75.3. The average molecular weight is 864 g/mol. The van der Waals surface area contributed by atoms with Gasteiger partial charge in [0.15, 0.2) is 5.78 Å². The number of hydrogen-bond acceptors (Lipinski definition) is 10. The van der Waals surface area contributed by atoms with Crippen LogP contribution in [-0.4, -0.2) is 129 Å². The normalized spacial score (nSPS) is 18.1. The first-order valence-electron chi connectivity index (χ1n) is 22.5. The molecule has 3 N–H and O–H groups in total. The van der Waals surface area contributed by atoms with Crippen molar-refractivity contribution in [2.75, 3.05) is 54.2 Å². The van der Waals surface area contributed by atoms with Crippen molar-refractivity contribution in [2.45, 2.75) is 130 Å². The summed E-state index contributed by atoms with van der Waals surface area (Å²) >= 11 is 0. The highest BCUT2D eigenvalue weighted by Gasteiger charge is 2.43. The third kappa shape index (κ3) is 14.1. The maximum atomic E-state index is 14.6. The van der Waals surface area contributed by atoms with Crippen molar-refractivity contribution in [1.82, 2.24) is 20.0 Å². The molecule has 0 bridgehead atoms. The number of carbonyl (C=O) groups excluding carboxylic acids is 5. The molecule has 0 aliphatic carbocycles. The molecule has 2 aromatic carbocycles. The molecule has 9 atom stereocenters. The molecule has 1 heterocycles. The van der Waals surface area contributed by atoms with Crippen molar-refractivity contribution in [1.29, 1.82) is 0 Å².